The van der Waals surface area contributed by atoms with Gasteiger partial charge in [-0.15, -0.1) is 0 Å². The van der Waals surface area contributed by atoms with Crippen molar-refractivity contribution in [1.29, 1.82) is 0 Å². The summed E-state index contributed by atoms with van der Waals surface area (Å²) >= 11 is 0. The van der Waals surface area contributed by atoms with Crippen LogP contribution in [-0.2, 0) is 19.1 Å². The van der Waals surface area contributed by atoms with Crippen LogP contribution in [0.2, 0.25) is 0 Å². The number of rotatable bonds is 11. The first-order valence-electron chi connectivity index (χ1n) is 9.43. The Morgan fingerprint density at radius 1 is 0.870 bits per heavy atom. The third-order valence-electron chi connectivity index (χ3n) is 4.73. The molecule has 1 saturated carbocycles. The average molecular weight is 326 g/mol. The number of hydrogen-bond donors (Lipinski definition) is 0. The van der Waals surface area contributed by atoms with Crippen molar-refractivity contribution in [1.82, 2.24) is 0 Å². The quantitative estimate of drug-likeness (QED) is 0.410. The molecule has 0 saturated heterocycles. The molecule has 0 atom stereocenters. The summed E-state index contributed by atoms with van der Waals surface area (Å²) in [4.78, 5) is 22.6. The van der Waals surface area contributed by atoms with Crippen molar-refractivity contribution in [3.63, 3.8) is 0 Å². The molecule has 1 rings (SSSR count). The molecule has 0 unspecified atom stereocenters. The minimum atomic E-state index is -0.219. The highest BCUT2D eigenvalue weighted by Crippen LogP contribution is 2.32. The monoisotopic (exact) mass is 326 g/mol. The molecule has 0 N–H and O–H groups in total. The lowest BCUT2D eigenvalue weighted by Gasteiger charge is -2.27. The van der Waals surface area contributed by atoms with Crippen molar-refractivity contribution < 1.29 is 19.1 Å². The summed E-state index contributed by atoms with van der Waals surface area (Å²) in [6.45, 7) is 4.69. The minimum absolute atomic E-state index is 0.0128. The zero-order valence-corrected chi connectivity index (χ0v) is 15.0. The fraction of sp³-hybridized carbons (Fsp3) is 0.895. The van der Waals surface area contributed by atoms with Gasteiger partial charge < -0.3 is 9.47 Å². The molecule has 1 aliphatic carbocycles. The van der Waals surface area contributed by atoms with Crippen LogP contribution in [0.5, 0.6) is 0 Å². The maximum Gasteiger partial charge on any atom is 0.308 e. The van der Waals surface area contributed by atoms with Gasteiger partial charge in [0.1, 0.15) is 0 Å². The maximum absolute atomic E-state index is 12.0. The largest absolute Gasteiger partial charge is 0.466 e. The number of carbonyl (C=O) groups is 2. The van der Waals surface area contributed by atoms with Gasteiger partial charge in [0.15, 0.2) is 0 Å². The summed E-state index contributed by atoms with van der Waals surface area (Å²) in [7, 11) is 0. The lowest BCUT2D eigenvalue weighted by atomic mass is 9.80. The highest BCUT2D eigenvalue weighted by atomic mass is 16.5. The van der Waals surface area contributed by atoms with Crippen LogP contribution >= 0.6 is 0 Å². The molecule has 0 bridgehead atoms. The van der Waals surface area contributed by atoms with E-state index >= 15 is 0 Å². The predicted molar refractivity (Wildman–Crippen MR) is 91.0 cm³/mol. The molecular formula is C19H34O4. The van der Waals surface area contributed by atoms with Gasteiger partial charge in [-0.25, -0.2) is 0 Å². The summed E-state index contributed by atoms with van der Waals surface area (Å²) in [5.41, 5.74) is 0. The molecule has 0 aliphatic heterocycles. The summed E-state index contributed by atoms with van der Waals surface area (Å²) in [6, 6.07) is 0. The summed E-state index contributed by atoms with van der Waals surface area (Å²) < 4.78 is 10.3. The molecule has 1 fully saturated rings. The van der Waals surface area contributed by atoms with Crippen LogP contribution in [0, 0.1) is 11.8 Å². The van der Waals surface area contributed by atoms with Gasteiger partial charge in [0.05, 0.1) is 19.1 Å². The molecule has 1 aliphatic rings. The van der Waals surface area contributed by atoms with Gasteiger partial charge in [-0.05, 0) is 57.3 Å². The van der Waals surface area contributed by atoms with Gasteiger partial charge in [-0.2, -0.15) is 0 Å². The van der Waals surface area contributed by atoms with Crippen molar-refractivity contribution in [3.05, 3.63) is 0 Å². The van der Waals surface area contributed by atoms with E-state index in [9.17, 15) is 9.59 Å². The van der Waals surface area contributed by atoms with Crippen LogP contribution < -0.4 is 0 Å². The highest BCUT2D eigenvalue weighted by molar-refractivity contribution is 5.72. The molecule has 0 radical (unpaired) electrons. The number of hydrogen-bond acceptors (Lipinski definition) is 4. The lowest BCUT2D eigenvalue weighted by molar-refractivity contribution is -0.150. The third-order valence-corrected chi connectivity index (χ3v) is 4.73. The van der Waals surface area contributed by atoms with Crippen molar-refractivity contribution >= 4 is 11.9 Å². The van der Waals surface area contributed by atoms with Gasteiger partial charge in [0.2, 0.25) is 0 Å². The zero-order chi connectivity index (χ0) is 16.9. The summed E-state index contributed by atoms with van der Waals surface area (Å²) in [6.07, 6.45) is 12.1. The molecular weight excluding hydrogens is 292 g/mol. The Kier molecular flexibility index (Phi) is 10.8. The highest BCUT2D eigenvalue weighted by Gasteiger charge is 2.26. The van der Waals surface area contributed by atoms with E-state index < -0.39 is 0 Å². The summed E-state index contributed by atoms with van der Waals surface area (Å²) in [5, 5.41) is 0. The molecule has 0 amide bonds. The van der Waals surface area contributed by atoms with Crippen molar-refractivity contribution in [3.8, 4) is 0 Å². The van der Waals surface area contributed by atoms with Crippen LogP contribution in [0.3, 0.4) is 0 Å². The molecule has 134 valence electrons. The first-order valence-corrected chi connectivity index (χ1v) is 9.43. The first-order chi connectivity index (χ1) is 11.1. The van der Waals surface area contributed by atoms with Crippen molar-refractivity contribution in [2.24, 2.45) is 11.8 Å². The second-order valence-corrected chi connectivity index (χ2v) is 6.78. The Morgan fingerprint density at radius 3 is 2.04 bits per heavy atom. The van der Waals surface area contributed by atoms with Crippen LogP contribution in [0.25, 0.3) is 0 Å². The van der Waals surface area contributed by atoms with E-state index in [1.807, 2.05) is 0 Å². The Labute approximate surface area is 141 Å². The minimum Gasteiger partial charge on any atom is -0.466 e. The van der Waals surface area contributed by atoms with Gasteiger partial charge in [0, 0.05) is 6.92 Å². The van der Waals surface area contributed by atoms with E-state index in [2.05, 4.69) is 6.92 Å². The normalized spacial score (nSPS) is 21.0. The molecule has 0 aromatic heterocycles. The van der Waals surface area contributed by atoms with E-state index in [-0.39, 0.29) is 17.9 Å². The predicted octanol–water partition coefficient (Wildman–Crippen LogP) is 4.65. The van der Waals surface area contributed by atoms with E-state index in [1.165, 1.54) is 39.0 Å². The lowest BCUT2D eigenvalue weighted by Crippen LogP contribution is -2.24. The van der Waals surface area contributed by atoms with E-state index in [0.29, 0.717) is 13.2 Å². The van der Waals surface area contributed by atoms with Crippen LogP contribution in [0.15, 0.2) is 0 Å². The number of carbonyl (C=O) groups excluding carboxylic acids is 2. The van der Waals surface area contributed by atoms with Gasteiger partial charge in [-0.3, -0.25) is 9.59 Å². The average Bonchev–Trinajstić information content (AvgIpc) is 2.55. The molecule has 0 heterocycles. The van der Waals surface area contributed by atoms with E-state index in [0.717, 1.165) is 44.4 Å². The fourth-order valence-corrected chi connectivity index (χ4v) is 3.24. The molecule has 4 nitrogen and oxygen atoms in total. The molecule has 0 aromatic rings. The Bertz CT molecular complexity index is 332. The molecule has 0 aromatic carbocycles. The topological polar surface area (TPSA) is 52.6 Å². The van der Waals surface area contributed by atoms with Crippen LogP contribution in [0.1, 0.15) is 84.5 Å². The maximum atomic E-state index is 12.0. The van der Waals surface area contributed by atoms with Gasteiger partial charge in [-0.1, -0.05) is 26.2 Å². The number of ether oxygens (including phenoxy) is 2. The molecule has 0 spiro atoms. The Hall–Kier alpha value is -1.06. The fourth-order valence-electron chi connectivity index (χ4n) is 3.24. The first kappa shape index (κ1) is 20.0. The standard InChI is InChI=1S/C19H34O4/c1-3-4-9-17-10-12-18(13-11-17)19(21)23-15-8-6-5-7-14-22-16(2)20/h17-18H,3-15H2,1-2H3. The number of unbranched alkanes of at least 4 members (excludes halogenated alkanes) is 4. The van der Waals surface area contributed by atoms with Crippen molar-refractivity contribution in [2.45, 2.75) is 84.5 Å². The Morgan fingerprint density at radius 2 is 1.48 bits per heavy atom. The number of esters is 2. The second kappa shape index (κ2) is 12.4. The summed E-state index contributed by atoms with van der Waals surface area (Å²) in [5.74, 6) is 0.760. The van der Waals surface area contributed by atoms with E-state index in [1.54, 1.807) is 0 Å². The van der Waals surface area contributed by atoms with E-state index in [4.69, 9.17) is 9.47 Å². The van der Waals surface area contributed by atoms with Crippen LogP contribution in [0.4, 0.5) is 0 Å². The Balaban J connectivity index is 1.97. The SMILES string of the molecule is CCCCC1CCC(C(=O)OCCCCCCOC(C)=O)CC1. The molecule has 4 heteroatoms. The van der Waals surface area contributed by atoms with Crippen molar-refractivity contribution in [2.75, 3.05) is 13.2 Å². The van der Waals surface area contributed by atoms with Crippen LogP contribution in [-0.4, -0.2) is 25.2 Å². The zero-order valence-electron chi connectivity index (χ0n) is 15.0. The van der Waals surface area contributed by atoms with Gasteiger partial charge >= 0.3 is 11.9 Å². The molecule has 23 heavy (non-hydrogen) atoms. The third kappa shape index (κ3) is 9.62. The van der Waals surface area contributed by atoms with Gasteiger partial charge in [0.25, 0.3) is 0 Å². The second-order valence-electron chi connectivity index (χ2n) is 6.78. The smallest absolute Gasteiger partial charge is 0.308 e.